The highest BCUT2D eigenvalue weighted by molar-refractivity contribution is 6.42. The number of nitrogens with zero attached hydrogens (tertiary/aromatic N) is 1. The van der Waals surface area contributed by atoms with Crippen molar-refractivity contribution in [2.75, 3.05) is 20.3 Å². The fourth-order valence-electron chi connectivity index (χ4n) is 3.32. The molecular weight excluding hydrogens is 500 g/mol. The zero-order valence-corrected chi connectivity index (χ0v) is 19.5. The fourth-order valence-corrected chi connectivity index (χ4v) is 3.62. The summed E-state index contributed by atoms with van der Waals surface area (Å²) in [6.07, 6.45) is -6.38. The lowest BCUT2D eigenvalue weighted by Gasteiger charge is -2.29. The molecule has 0 saturated carbocycles. The summed E-state index contributed by atoms with van der Waals surface area (Å²) < 4.78 is 51.9. The van der Waals surface area contributed by atoms with Gasteiger partial charge in [0, 0.05) is 24.7 Å². The van der Waals surface area contributed by atoms with Crippen LogP contribution in [0.2, 0.25) is 10.0 Å². The maximum atomic E-state index is 14.1. The van der Waals surface area contributed by atoms with Gasteiger partial charge in [-0.1, -0.05) is 40.5 Å². The van der Waals surface area contributed by atoms with Gasteiger partial charge < -0.3 is 14.3 Å². The first-order valence-electron chi connectivity index (χ1n) is 9.84. The first-order chi connectivity index (χ1) is 16.0. The van der Waals surface area contributed by atoms with Gasteiger partial charge in [0.1, 0.15) is 6.61 Å². The number of methoxy groups -OCH3 is 1. The van der Waals surface area contributed by atoms with Crippen molar-refractivity contribution in [1.82, 2.24) is 5.32 Å². The largest absolute Gasteiger partial charge is 0.447 e. The minimum Gasteiger partial charge on any atom is -0.447 e. The van der Waals surface area contributed by atoms with E-state index in [4.69, 9.17) is 37.5 Å². The van der Waals surface area contributed by atoms with E-state index >= 15 is 0 Å². The molecule has 1 atom stereocenters. The predicted molar refractivity (Wildman–Crippen MR) is 118 cm³/mol. The van der Waals surface area contributed by atoms with E-state index in [9.17, 15) is 22.8 Å². The number of benzene rings is 2. The normalized spacial score (nSPS) is 17.7. The number of aryl methyl sites for hydroxylation is 1. The molecule has 0 spiro atoms. The Bertz CT molecular complexity index is 1140. The molecule has 0 fully saturated rings. The molecule has 1 aliphatic heterocycles. The summed E-state index contributed by atoms with van der Waals surface area (Å²) in [7, 11) is 1.43. The standard InChI is InChI=1S/C22H19Cl2F3N2O5/c1-12-9-13(3-5-15(12)19(30)28-20(31)33-8-7-32-2)18-11-21(34-29-18,22(25,26)27)14-4-6-16(23)17(24)10-14/h3-6,9-10H,7-8,11H2,1-2H3,(H,28,30,31). The molecule has 2 aromatic carbocycles. The van der Waals surface area contributed by atoms with Crippen molar-refractivity contribution >= 4 is 40.9 Å². The molecule has 182 valence electrons. The van der Waals surface area contributed by atoms with E-state index in [1.165, 1.54) is 37.4 Å². The van der Waals surface area contributed by atoms with E-state index in [1.54, 1.807) is 6.92 Å². The molecule has 0 aliphatic carbocycles. The number of amides is 2. The lowest BCUT2D eigenvalue weighted by Crippen LogP contribution is -2.42. The van der Waals surface area contributed by atoms with Crippen LogP contribution in [0.4, 0.5) is 18.0 Å². The van der Waals surface area contributed by atoms with Crippen molar-refractivity contribution in [2.24, 2.45) is 5.16 Å². The second-order valence-corrected chi connectivity index (χ2v) is 8.19. The van der Waals surface area contributed by atoms with Gasteiger partial charge in [0.25, 0.3) is 11.5 Å². The Labute approximate surface area is 202 Å². The summed E-state index contributed by atoms with van der Waals surface area (Å²) in [6, 6.07) is 7.81. The van der Waals surface area contributed by atoms with Gasteiger partial charge in [-0.25, -0.2) is 4.79 Å². The van der Waals surface area contributed by atoms with Crippen molar-refractivity contribution in [3.63, 3.8) is 0 Å². The number of imide groups is 1. The number of hydrogen-bond donors (Lipinski definition) is 1. The Kier molecular flexibility index (Phi) is 7.74. The van der Waals surface area contributed by atoms with Gasteiger partial charge in [0.05, 0.1) is 22.4 Å². The van der Waals surface area contributed by atoms with Gasteiger partial charge in [-0.15, -0.1) is 0 Å². The van der Waals surface area contributed by atoms with Crippen LogP contribution in [0.1, 0.15) is 33.5 Å². The molecule has 1 aliphatic rings. The monoisotopic (exact) mass is 518 g/mol. The smallest absolute Gasteiger partial charge is 0.435 e. The number of alkyl carbamates (subject to hydrolysis) is 1. The number of alkyl halides is 3. The maximum Gasteiger partial charge on any atom is 0.435 e. The summed E-state index contributed by atoms with van der Waals surface area (Å²) in [6.45, 7) is 1.70. The number of hydrogen-bond acceptors (Lipinski definition) is 6. The summed E-state index contributed by atoms with van der Waals surface area (Å²) in [4.78, 5) is 29.0. The summed E-state index contributed by atoms with van der Waals surface area (Å²) in [5, 5.41) is 5.82. The van der Waals surface area contributed by atoms with E-state index in [2.05, 4.69) is 10.5 Å². The lowest BCUT2D eigenvalue weighted by atomic mass is 9.86. The second-order valence-electron chi connectivity index (χ2n) is 7.37. The van der Waals surface area contributed by atoms with Gasteiger partial charge in [0.2, 0.25) is 0 Å². The number of ether oxygens (including phenoxy) is 2. The van der Waals surface area contributed by atoms with Gasteiger partial charge in [-0.2, -0.15) is 13.2 Å². The first kappa shape index (κ1) is 25.8. The molecule has 1 N–H and O–H groups in total. The van der Waals surface area contributed by atoms with Gasteiger partial charge >= 0.3 is 12.3 Å². The summed E-state index contributed by atoms with van der Waals surface area (Å²) in [5.74, 6) is -0.725. The molecule has 0 bridgehead atoms. The highest BCUT2D eigenvalue weighted by Gasteiger charge is 2.62. The van der Waals surface area contributed by atoms with Gasteiger partial charge in [-0.05, 0) is 42.3 Å². The van der Waals surface area contributed by atoms with Crippen LogP contribution in [-0.2, 0) is 19.9 Å². The molecule has 3 rings (SSSR count). The molecule has 12 heteroatoms. The molecule has 1 unspecified atom stereocenters. The molecule has 0 radical (unpaired) electrons. The lowest BCUT2D eigenvalue weighted by molar-refractivity contribution is -0.275. The van der Waals surface area contributed by atoms with Crippen LogP contribution in [0.25, 0.3) is 0 Å². The molecule has 7 nitrogen and oxygen atoms in total. The van der Waals surface area contributed by atoms with Crippen molar-refractivity contribution in [2.45, 2.75) is 25.1 Å². The molecule has 34 heavy (non-hydrogen) atoms. The number of carbonyl (C=O) groups excluding carboxylic acids is 2. The minimum atomic E-state index is -4.81. The Morgan fingerprint density at radius 2 is 1.88 bits per heavy atom. The van der Waals surface area contributed by atoms with Gasteiger partial charge in [-0.3, -0.25) is 10.1 Å². The molecular formula is C22H19Cl2F3N2O5. The zero-order valence-electron chi connectivity index (χ0n) is 18.0. The topological polar surface area (TPSA) is 86.2 Å². The van der Waals surface area contributed by atoms with Crippen molar-refractivity contribution in [3.8, 4) is 0 Å². The highest BCUT2D eigenvalue weighted by atomic mass is 35.5. The Balaban J connectivity index is 1.80. The van der Waals surface area contributed by atoms with Crippen LogP contribution in [0.5, 0.6) is 0 Å². The van der Waals surface area contributed by atoms with Gasteiger partial charge in [0.15, 0.2) is 0 Å². The number of rotatable bonds is 6. The molecule has 2 aromatic rings. The SMILES string of the molecule is COCCOC(=O)NC(=O)c1ccc(C2=NOC(c3ccc(Cl)c(Cl)c3)(C(F)(F)F)C2)cc1C. The Morgan fingerprint density at radius 3 is 2.50 bits per heavy atom. The van der Waals surface area contributed by atoms with Crippen LogP contribution in [0.3, 0.4) is 0 Å². The van der Waals surface area contributed by atoms with E-state index in [0.717, 1.165) is 6.07 Å². The molecule has 0 saturated heterocycles. The van der Waals surface area contributed by atoms with Crippen LogP contribution in [0, 0.1) is 6.92 Å². The summed E-state index contributed by atoms with van der Waals surface area (Å²) >= 11 is 11.8. The van der Waals surface area contributed by atoms with E-state index in [-0.39, 0.29) is 40.1 Å². The van der Waals surface area contributed by atoms with Crippen molar-refractivity contribution in [3.05, 3.63) is 68.7 Å². The average molecular weight is 519 g/mol. The zero-order chi connectivity index (χ0) is 25.1. The quantitative estimate of drug-likeness (QED) is 0.517. The van der Waals surface area contributed by atoms with E-state index < -0.39 is 30.2 Å². The number of nitrogens with one attached hydrogen (secondary N) is 1. The van der Waals surface area contributed by atoms with E-state index in [0.29, 0.717) is 11.1 Å². The fraction of sp³-hybridized carbons (Fsp3) is 0.318. The third-order valence-corrected chi connectivity index (χ3v) is 5.85. The number of oxime groups is 1. The third kappa shape index (κ3) is 5.29. The van der Waals surface area contributed by atoms with E-state index in [1.807, 2.05) is 0 Å². The number of carbonyl (C=O) groups is 2. The summed E-state index contributed by atoms with van der Waals surface area (Å²) in [5.41, 5.74) is -2.10. The molecule has 2 amide bonds. The van der Waals surface area contributed by atoms with Crippen LogP contribution >= 0.6 is 23.2 Å². The van der Waals surface area contributed by atoms with Crippen LogP contribution in [0.15, 0.2) is 41.6 Å². The van der Waals surface area contributed by atoms with Crippen LogP contribution < -0.4 is 5.32 Å². The average Bonchev–Trinajstić information content (AvgIpc) is 3.22. The maximum absolute atomic E-state index is 14.1. The predicted octanol–water partition coefficient (Wildman–Crippen LogP) is 5.40. The second kappa shape index (κ2) is 10.2. The Morgan fingerprint density at radius 1 is 1.15 bits per heavy atom. The number of halogens is 5. The van der Waals surface area contributed by atoms with Crippen molar-refractivity contribution < 1.29 is 37.1 Å². The molecule has 1 heterocycles. The Hall–Kier alpha value is -2.82. The first-order valence-corrected chi connectivity index (χ1v) is 10.6. The minimum absolute atomic E-state index is 0.0254. The van der Waals surface area contributed by atoms with Crippen molar-refractivity contribution in [1.29, 1.82) is 0 Å². The highest BCUT2D eigenvalue weighted by Crippen LogP contribution is 2.49. The third-order valence-electron chi connectivity index (χ3n) is 5.11. The molecule has 0 aromatic heterocycles. The van der Waals surface area contributed by atoms with Crippen LogP contribution in [-0.4, -0.2) is 44.2 Å².